The average Bonchev–Trinajstić information content (AvgIpc) is 3.00. The van der Waals surface area contributed by atoms with E-state index >= 15 is 0 Å². The maximum absolute atomic E-state index is 13.1. The van der Waals surface area contributed by atoms with E-state index in [2.05, 4.69) is 5.10 Å². The number of primary amides is 1. The van der Waals surface area contributed by atoms with Gasteiger partial charge in [0.05, 0.1) is 31.6 Å². The number of imide groups is 1. The second-order valence-electron chi connectivity index (χ2n) is 6.64. The van der Waals surface area contributed by atoms with Gasteiger partial charge in [0, 0.05) is 7.05 Å². The third-order valence-corrected chi connectivity index (χ3v) is 4.78. The lowest BCUT2D eigenvalue weighted by Gasteiger charge is -2.39. The van der Waals surface area contributed by atoms with Crippen LogP contribution in [0.3, 0.4) is 0 Å². The number of rotatable bonds is 7. The smallest absolute Gasteiger partial charge is 0.342 e. The van der Waals surface area contributed by atoms with Crippen LogP contribution in [-0.4, -0.2) is 84.3 Å². The maximum Gasteiger partial charge on any atom is 0.342 e. The van der Waals surface area contributed by atoms with Gasteiger partial charge >= 0.3 is 30.0 Å². The molecule has 2 heterocycles. The Hall–Kier alpha value is -4.23. The summed E-state index contributed by atoms with van der Waals surface area (Å²) in [6.45, 7) is 3.99. The molecule has 0 aromatic heterocycles. The molecule has 2 aliphatic heterocycles. The highest BCUT2D eigenvalue weighted by molar-refractivity contribution is 6.26. The lowest BCUT2D eigenvalue weighted by atomic mass is 9.82. The van der Waals surface area contributed by atoms with Gasteiger partial charge in [0.15, 0.2) is 0 Å². The van der Waals surface area contributed by atoms with Gasteiger partial charge in [0.25, 0.3) is 5.91 Å². The van der Waals surface area contributed by atoms with Gasteiger partial charge in [-0.25, -0.2) is 29.4 Å². The van der Waals surface area contributed by atoms with Crippen LogP contribution in [-0.2, 0) is 33.4 Å². The Morgan fingerprint density at radius 3 is 2.21 bits per heavy atom. The number of carbonyl (C=O) groups excluding carboxylic acids is 6. The lowest BCUT2D eigenvalue weighted by Crippen LogP contribution is -2.61. The molecule has 14 heteroatoms. The zero-order valence-corrected chi connectivity index (χ0v) is 18.6. The van der Waals surface area contributed by atoms with E-state index in [0.717, 1.165) is 20.2 Å². The first-order chi connectivity index (χ1) is 15.5. The fraction of sp³-hybridized carbons (Fsp3) is 0.421. The van der Waals surface area contributed by atoms with Crippen molar-refractivity contribution in [2.24, 2.45) is 10.8 Å². The van der Waals surface area contributed by atoms with E-state index in [1.54, 1.807) is 0 Å². The van der Waals surface area contributed by atoms with Crippen molar-refractivity contribution in [2.75, 3.05) is 27.4 Å². The van der Waals surface area contributed by atoms with Crippen molar-refractivity contribution in [3.8, 4) is 0 Å². The van der Waals surface area contributed by atoms with Crippen molar-refractivity contribution in [2.45, 2.75) is 26.3 Å². The van der Waals surface area contributed by atoms with E-state index < -0.39 is 58.3 Å². The van der Waals surface area contributed by atoms with Crippen LogP contribution < -0.4 is 11.2 Å². The summed E-state index contributed by atoms with van der Waals surface area (Å²) in [7, 11) is 2.10. The summed E-state index contributed by atoms with van der Waals surface area (Å²) in [6.07, 6.45) is 0.901. The van der Waals surface area contributed by atoms with Crippen LogP contribution >= 0.6 is 0 Å². The number of urea groups is 2. The molecule has 5 amide bonds. The third-order valence-electron chi connectivity index (χ3n) is 4.78. The Labute approximate surface area is 188 Å². The summed E-state index contributed by atoms with van der Waals surface area (Å²) >= 11 is 0. The molecular weight excluding hydrogens is 442 g/mol. The number of esters is 3. The summed E-state index contributed by atoms with van der Waals surface area (Å²) in [5, 5.41) is 3.71. The number of nitrogens with two attached hydrogens (primary N) is 1. The lowest BCUT2D eigenvalue weighted by molar-refractivity contribution is -0.147. The summed E-state index contributed by atoms with van der Waals surface area (Å²) < 4.78 is 14.8. The van der Waals surface area contributed by atoms with Gasteiger partial charge in [-0.05, 0) is 26.8 Å². The Balaban J connectivity index is 3.01. The summed E-state index contributed by atoms with van der Waals surface area (Å²) in [5.74, 6) is -4.33. The minimum absolute atomic E-state index is 0.111. The van der Waals surface area contributed by atoms with Crippen molar-refractivity contribution >= 4 is 41.6 Å². The van der Waals surface area contributed by atoms with Gasteiger partial charge in [-0.3, -0.25) is 14.6 Å². The van der Waals surface area contributed by atoms with Crippen LogP contribution in [0.1, 0.15) is 20.8 Å². The normalized spacial score (nSPS) is 20.3. The Morgan fingerprint density at radius 2 is 1.70 bits per heavy atom. The van der Waals surface area contributed by atoms with Crippen LogP contribution in [0.15, 0.2) is 28.0 Å². The van der Waals surface area contributed by atoms with Crippen molar-refractivity contribution in [3.05, 3.63) is 22.9 Å². The van der Waals surface area contributed by atoms with Crippen molar-refractivity contribution < 1.29 is 43.0 Å². The molecule has 1 atom stereocenters. The molecule has 0 bridgehead atoms. The molecule has 3 N–H and O–H groups in total. The van der Waals surface area contributed by atoms with Crippen molar-refractivity contribution in [1.82, 2.24) is 15.2 Å². The highest BCUT2D eigenvalue weighted by Gasteiger charge is 2.61. The number of hydrogen-bond donors (Lipinski definition) is 2. The van der Waals surface area contributed by atoms with Crippen LogP contribution in [0.4, 0.5) is 9.59 Å². The van der Waals surface area contributed by atoms with Gasteiger partial charge in [0.1, 0.15) is 11.3 Å². The van der Waals surface area contributed by atoms with E-state index in [4.69, 9.17) is 19.9 Å². The summed E-state index contributed by atoms with van der Waals surface area (Å²) in [6, 6.07) is -2.13. The van der Waals surface area contributed by atoms with Gasteiger partial charge in [-0.1, -0.05) is 0 Å². The minimum atomic E-state index is -2.36. The van der Waals surface area contributed by atoms with Crippen LogP contribution in [0, 0.1) is 0 Å². The fourth-order valence-corrected chi connectivity index (χ4v) is 3.33. The molecule has 33 heavy (non-hydrogen) atoms. The number of likely N-dealkylation sites (N-methyl/N-ethyl adjacent to an activating group) is 1. The van der Waals surface area contributed by atoms with E-state index in [-0.39, 0.29) is 18.9 Å². The molecule has 14 nitrogen and oxygen atoms in total. The average molecular weight is 465 g/mol. The molecule has 178 valence electrons. The molecule has 2 aliphatic rings. The quantitative estimate of drug-likeness (QED) is 0.159. The van der Waals surface area contributed by atoms with Crippen molar-refractivity contribution in [3.63, 3.8) is 0 Å². The van der Waals surface area contributed by atoms with Crippen LogP contribution in [0.5, 0.6) is 0 Å². The monoisotopic (exact) mass is 465 g/mol. The molecule has 0 spiro atoms. The molecule has 0 saturated carbocycles. The highest BCUT2D eigenvalue weighted by atomic mass is 16.5. The number of nitrogens with one attached hydrogen (secondary N) is 1. The first kappa shape index (κ1) is 25.0. The number of nitrogens with zero attached hydrogens (tertiary/aromatic N) is 3. The van der Waals surface area contributed by atoms with E-state index in [0.29, 0.717) is 9.80 Å². The van der Waals surface area contributed by atoms with Gasteiger partial charge < -0.3 is 19.9 Å². The number of hydrazone groups is 1. The van der Waals surface area contributed by atoms with Gasteiger partial charge in [-0.15, -0.1) is 0 Å². The second kappa shape index (κ2) is 9.50. The first-order valence-corrected chi connectivity index (χ1v) is 9.62. The van der Waals surface area contributed by atoms with E-state index in [9.17, 15) is 28.8 Å². The van der Waals surface area contributed by atoms with Gasteiger partial charge in [0.2, 0.25) is 5.54 Å². The standard InChI is InChI=1S/C19H23N5O9/c1-6-32-14(26)10-8-19(16(28)31-5,9(3)21-22-17(20)29)24-12(11(10)15(27)33-7-2)13(25)23(4)18(24)30/h8H,6-7H2,1-5H3,(H3,20,22,29)/b21-9+. The number of methoxy groups -OCH3 is 1. The molecule has 1 unspecified atom stereocenters. The summed E-state index contributed by atoms with van der Waals surface area (Å²) in [5.41, 5.74) is 2.55. The zero-order valence-electron chi connectivity index (χ0n) is 18.6. The van der Waals surface area contributed by atoms with E-state index in [1.165, 1.54) is 20.8 Å². The molecule has 1 fully saturated rings. The zero-order chi connectivity index (χ0) is 25.1. The van der Waals surface area contributed by atoms with E-state index in [1.807, 2.05) is 5.43 Å². The first-order valence-electron chi connectivity index (χ1n) is 9.62. The Bertz CT molecular complexity index is 1030. The number of hydrogen-bond acceptors (Lipinski definition) is 10. The highest BCUT2D eigenvalue weighted by Crippen LogP contribution is 2.41. The molecular formula is C19H23N5O9. The largest absolute Gasteiger partial charge is 0.467 e. The molecule has 0 radical (unpaired) electrons. The van der Waals surface area contributed by atoms with Crippen LogP contribution in [0.25, 0.3) is 0 Å². The summed E-state index contributed by atoms with van der Waals surface area (Å²) in [4.78, 5) is 77.3. The Morgan fingerprint density at radius 1 is 1.12 bits per heavy atom. The molecule has 0 aromatic carbocycles. The Kier molecular flexibility index (Phi) is 7.21. The van der Waals surface area contributed by atoms with Crippen LogP contribution in [0.2, 0.25) is 0 Å². The maximum atomic E-state index is 13.1. The van der Waals surface area contributed by atoms with Crippen molar-refractivity contribution in [1.29, 1.82) is 0 Å². The SMILES string of the molecule is CCOC(=O)C1=CC(C(=O)OC)(/C(C)=N/NC(N)=O)N2C(=O)N(C)C(=O)C2=C1C(=O)OCC. The minimum Gasteiger partial charge on any atom is -0.467 e. The van der Waals surface area contributed by atoms with Gasteiger partial charge in [-0.2, -0.15) is 5.10 Å². The number of amides is 5. The molecule has 0 aliphatic carbocycles. The third kappa shape index (κ3) is 4.02. The second-order valence-corrected chi connectivity index (χ2v) is 6.64. The fourth-order valence-electron chi connectivity index (χ4n) is 3.33. The number of carbonyl (C=O) groups is 6. The predicted molar refractivity (Wildman–Crippen MR) is 109 cm³/mol. The number of fused-ring (bicyclic) bond motifs is 1. The number of ether oxygens (including phenoxy) is 3. The molecule has 2 rings (SSSR count). The molecule has 0 aromatic rings. The topological polar surface area (TPSA) is 187 Å². The molecule has 1 saturated heterocycles. The predicted octanol–water partition coefficient (Wildman–Crippen LogP) is -0.843.